The molecule has 140 valence electrons. The van der Waals surface area contributed by atoms with Gasteiger partial charge < -0.3 is 14.0 Å². The van der Waals surface area contributed by atoms with Gasteiger partial charge in [-0.15, -0.1) is 0 Å². The van der Waals surface area contributed by atoms with Crippen molar-refractivity contribution in [3.05, 3.63) is 72.6 Å². The first kappa shape index (κ1) is 17.6. The van der Waals surface area contributed by atoms with E-state index in [0.717, 1.165) is 49.4 Å². The minimum atomic E-state index is 0.214. The predicted molar refractivity (Wildman–Crippen MR) is 106 cm³/mol. The second-order valence-electron chi connectivity index (χ2n) is 7.17. The van der Waals surface area contributed by atoms with Crippen LogP contribution >= 0.6 is 0 Å². The molecule has 1 aliphatic heterocycles. The van der Waals surface area contributed by atoms with Crippen molar-refractivity contribution in [2.45, 2.75) is 38.6 Å². The second kappa shape index (κ2) is 7.82. The van der Waals surface area contributed by atoms with Crippen LogP contribution in [0.15, 0.2) is 61.2 Å². The Bertz CT molecular complexity index is 879. The van der Waals surface area contributed by atoms with Gasteiger partial charge in [-0.2, -0.15) is 0 Å². The molecule has 5 heteroatoms. The number of hydrogen-bond acceptors (Lipinski definition) is 2. The molecule has 0 spiro atoms. The van der Waals surface area contributed by atoms with Crippen LogP contribution in [0.5, 0.6) is 0 Å². The summed E-state index contributed by atoms with van der Waals surface area (Å²) in [6.07, 6.45) is 11.5. The van der Waals surface area contributed by atoms with E-state index < -0.39 is 0 Å². The van der Waals surface area contributed by atoms with Crippen molar-refractivity contribution in [1.82, 2.24) is 19.0 Å². The van der Waals surface area contributed by atoms with E-state index in [9.17, 15) is 4.79 Å². The summed E-state index contributed by atoms with van der Waals surface area (Å²) in [4.78, 5) is 19.3. The number of amides is 1. The fourth-order valence-electron chi connectivity index (χ4n) is 3.94. The summed E-state index contributed by atoms with van der Waals surface area (Å²) >= 11 is 0. The highest BCUT2D eigenvalue weighted by Gasteiger charge is 2.25. The fraction of sp³-hybridized carbons (Fsp3) is 0.364. The van der Waals surface area contributed by atoms with Gasteiger partial charge in [0, 0.05) is 50.0 Å². The van der Waals surface area contributed by atoms with E-state index in [-0.39, 0.29) is 5.91 Å². The van der Waals surface area contributed by atoms with Crippen molar-refractivity contribution in [2.75, 3.05) is 13.1 Å². The molecule has 3 aromatic rings. The minimum absolute atomic E-state index is 0.214. The summed E-state index contributed by atoms with van der Waals surface area (Å²) in [6, 6.07) is 12.6. The Balaban J connectivity index is 1.40. The van der Waals surface area contributed by atoms with Crippen LogP contribution in [0.1, 0.15) is 37.2 Å². The maximum Gasteiger partial charge on any atom is 0.227 e. The van der Waals surface area contributed by atoms with E-state index in [4.69, 9.17) is 0 Å². The first-order chi connectivity index (χ1) is 13.2. The molecule has 5 nitrogen and oxygen atoms in total. The van der Waals surface area contributed by atoms with Crippen molar-refractivity contribution >= 4 is 5.91 Å². The standard InChI is InChI=1S/C22H26N4O/c1-2-21-23-11-15-26(21)20-6-5-14-25(17-20)22(27)16-18-7-9-19(10-8-18)24-12-3-4-13-24/h3-4,7-13,15,20H,2,5-6,14,16-17H2,1H3. The molecule has 0 N–H and O–H groups in total. The Kier molecular flexibility index (Phi) is 5.10. The first-order valence-electron chi connectivity index (χ1n) is 9.76. The zero-order valence-corrected chi connectivity index (χ0v) is 15.8. The Hall–Kier alpha value is -2.82. The smallest absolute Gasteiger partial charge is 0.227 e. The number of rotatable bonds is 5. The van der Waals surface area contributed by atoms with Gasteiger partial charge in [0.15, 0.2) is 0 Å². The maximum absolute atomic E-state index is 12.8. The zero-order chi connectivity index (χ0) is 18.6. The number of aromatic nitrogens is 3. The lowest BCUT2D eigenvalue weighted by atomic mass is 10.0. The number of piperidine rings is 1. The van der Waals surface area contributed by atoms with Crippen LogP contribution < -0.4 is 0 Å². The molecule has 2 aromatic heterocycles. The van der Waals surface area contributed by atoms with Crippen LogP contribution in [0.2, 0.25) is 0 Å². The number of hydrogen-bond donors (Lipinski definition) is 0. The Morgan fingerprint density at radius 1 is 1.15 bits per heavy atom. The maximum atomic E-state index is 12.8. The molecule has 1 saturated heterocycles. The van der Waals surface area contributed by atoms with Gasteiger partial charge in [-0.05, 0) is 42.7 Å². The summed E-state index contributed by atoms with van der Waals surface area (Å²) in [5.74, 6) is 1.32. The molecule has 0 bridgehead atoms. The van der Waals surface area contributed by atoms with Gasteiger partial charge in [0.2, 0.25) is 5.91 Å². The van der Waals surface area contributed by atoms with Gasteiger partial charge in [0.05, 0.1) is 12.5 Å². The van der Waals surface area contributed by atoms with Gasteiger partial charge in [-0.1, -0.05) is 19.1 Å². The van der Waals surface area contributed by atoms with Crippen LogP contribution in [0.4, 0.5) is 0 Å². The van der Waals surface area contributed by atoms with Gasteiger partial charge in [0.1, 0.15) is 5.82 Å². The lowest BCUT2D eigenvalue weighted by Gasteiger charge is -2.34. The summed E-state index contributed by atoms with van der Waals surface area (Å²) in [6.45, 7) is 3.76. The van der Waals surface area contributed by atoms with Crippen LogP contribution in [-0.2, 0) is 17.6 Å². The molecule has 0 saturated carbocycles. The van der Waals surface area contributed by atoms with E-state index in [1.807, 2.05) is 35.6 Å². The summed E-state index contributed by atoms with van der Waals surface area (Å²) in [5, 5.41) is 0. The van der Waals surface area contributed by atoms with E-state index in [0.29, 0.717) is 12.5 Å². The molecule has 27 heavy (non-hydrogen) atoms. The average Bonchev–Trinajstić information content (AvgIpc) is 3.40. The molecule has 4 rings (SSSR count). The number of carbonyl (C=O) groups excluding carboxylic acids is 1. The van der Waals surface area contributed by atoms with Crippen molar-refractivity contribution in [2.24, 2.45) is 0 Å². The van der Waals surface area contributed by atoms with Crippen molar-refractivity contribution < 1.29 is 4.79 Å². The quantitative estimate of drug-likeness (QED) is 0.695. The van der Waals surface area contributed by atoms with E-state index in [1.165, 1.54) is 0 Å². The summed E-state index contributed by atoms with van der Waals surface area (Å²) in [7, 11) is 0. The summed E-state index contributed by atoms with van der Waals surface area (Å²) in [5.41, 5.74) is 2.18. The molecule has 1 aromatic carbocycles. The highest BCUT2D eigenvalue weighted by molar-refractivity contribution is 5.79. The van der Waals surface area contributed by atoms with Crippen molar-refractivity contribution in [3.8, 4) is 5.69 Å². The van der Waals surface area contributed by atoms with Crippen LogP contribution in [0.25, 0.3) is 5.69 Å². The lowest BCUT2D eigenvalue weighted by molar-refractivity contribution is -0.132. The van der Waals surface area contributed by atoms with Crippen LogP contribution in [0, 0.1) is 0 Å². The minimum Gasteiger partial charge on any atom is -0.340 e. The summed E-state index contributed by atoms with van der Waals surface area (Å²) < 4.78 is 4.32. The third-order valence-electron chi connectivity index (χ3n) is 5.40. The molecule has 3 heterocycles. The van der Waals surface area contributed by atoms with Gasteiger partial charge in [-0.25, -0.2) is 4.98 Å². The Morgan fingerprint density at radius 2 is 1.93 bits per heavy atom. The molecular formula is C22H26N4O. The van der Waals surface area contributed by atoms with Gasteiger partial charge >= 0.3 is 0 Å². The predicted octanol–water partition coefficient (Wildman–Crippen LogP) is 3.64. The van der Waals surface area contributed by atoms with E-state index >= 15 is 0 Å². The molecule has 0 aliphatic carbocycles. The lowest BCUT2D eigenvalue weighted by Crippen LogP contribution is -2.41. The van der Waals surface area contributed by atoms with Gasteiger partial charge in [0.25, 0.3) is 0 Å². The number of likely N-dealkylation sites (tertiary alicyclic amines) is 1. The zero-order valence-electron chi connectivity index (χ0n) is 15.8. The van der Waals surface area contributed by atoms with Crippen LogP contribution in [-0.4, -0.2) is 38.0 Å². The average molecular weight is 362 g/mol. The number of benzene rings is 1. The fourth-order valence-corrected chi connectivity index (χ4v) is 3.94. The van der Waals surface area contributed by atoms with Gasteiger partial charge in [-0.3, -0.25) is 4.79 Å². The number of carbonyl (C=O) groups is 1. The molecule has 1 aliphatic rings. The number of aryl methyl sites for hydroxylation is 1. The van der Waals surface area contributed by atoms with Crippen molar-refractivity contribution in [3.63, 3.8) is 0 Å². The largest absolute Gasteiger partial charge is 0.340 e. The first-order valence-corrected chi connectivity index (χ1v) is 9.76. The molecular weight excluding hydrogens is 336 g/mol. The van der Waals surface area contributed by atoms with E-state index in [2.05, 4.69) is 51.5 Å². The molecule has 1 atom stereocenters. The topological polar surface area (TPSA) is 43.1 Å². The molecule has 1 unspecified atom stereocenters. The number of nitrogens with zero attached hydrogens (tertiary/aromatic N) is 4. The highest BCUT2D eigenvalue weighted by atomic mass is 16.2. The molecule has 1 amide bonds. The monoisotopic (exact) mass is 362 g/mol. The number of imidazole rings is 1. The molecule has 1 fully saturated rings. The third-order valence-corrected chi connectivity index (χ3v) is 5.40. The Labute approximate surface area is 160 Å². The van der Waals surface area contributed by atoms with Crippen LogP contribution in [0.3, 0.4) is 0 Å². The SMILES string of the molecule is CCc1nccn1C1CCCN(C(=O)Cc2ccc(-n3cccc3)cc2)C1. The highest BCUT2D eigenvalue weighted by Crippen LogP contribution is 2.23. The van der Waals surface area contributed by atoms with Crippen molar-refractivity contribution in [1.29, 1.82) is 0 Å². The Morgan fingerprint density at radius 3 is 2.67 bits per heavy atom. The van der Waals surface area contributed by atoms with E-state index in [1.54, 1.807) is 0 Å². The molecule has 0 radical (unpaired) electrons. The normalized spacial score (nSPS) is 17.2. The second-order valence-corrected chi connectivity index (χ2v) is 7.17. The third kappa shape index (κ3) is 3.82.